The van der Waals surface area contributed by atoms with E-state index in [9.17, 15) is 0 Å². The van der Waals surface area contributed by atoms with Gasteiger partial charge in [0.05, 0.1) is 11.9 Å². The van der Waals surface area contributed by atoms with Gasteiger partial charge in [0.1, 0.15) is 0 Å². The highest BCUT2D eigenvalue weighted by Crippen LogP contribution is 1.97. The summed E-state index contributed by atoms with van der Waals surface area (Å²) in [6.45, 7) is 3.08. The number of benzene rings is 1. The Kier molecular flexibility index (Phi) is 1.82. The normalized spacial score (nSPS) is 14.6. The molecule has 62 valence electrons. The summed E-state index contributed by atoms with van der Waals surface area (Å²) in [7, 11) is 0. The number of nitrogens with one attached hydrogen (secondary N) is 1. The van der Waals surface area contributed by atoms with E-state index >= 15 is 0 Å². The van der Waals surface area contributed by atoms with E-state index in [2.05, 4.69) is 29.6 Å². The van der Waals surface area contributed by atoms with Crippen LogP contribution in [0.15, 0.2) is 29.4 Å². The second-order valence-corrected chi connectivity index (χ2v) is 2.92. The fraction of sp³-hybridized carbons (Fsp3) is 0.300. The topological polar surface area (TPSA) is 24.4 Å². The summed E-state index contributed by atoms with van der Waals surface area (Å²) in [5, 5.41) is 6.59. The Morgan fingerprint density at radius 1 is 1.42 bits per heavy atom. The molecule has 0 unspecified atom stereocenters. The SMILES string of the molecule is CCC1=c2ccccc2=NNC1. The molecule has 0 aliphatic carbocycles. The zero-order valence-electron chi connectivity index (χ0n) is 7.17. The van der Waals surface area contributed by atoms with Gasteiger partial charge >= 0.3 is 0 Å². The molecule has 1 aromatic rings. The van der Waals surface area contributed by atoms with Gasteiger partial charge in [0, 0.05) is 5.22 Å². The first-order valence-electron chi connectivity index (χ1n) is 4.29. The Balaban J connectivity index is 2.78. The molecule has 2 heteroatoms. The van der Waals surface area contributed by atoms with Crippen LogP contribution in [0.4, 0.5) is 0 Å². The van der Waals surface area contributed by atoms with Gasteiger partial charge in [-0.25, -0.2) is 0 Å². The van der Waals surface area contributed by atoms with Gasteiger partial charge in [0.15, 0.2) is 0 Å². The fourth-order valence-corrected chi connectivity index (χ4v) is 1.50. The molecule has 0 radical (unpaired) electrons. The van der Waals surface area contributed by atoms with Crippen molar-refractivity contribution in [3.63, 3.8) is 0 Å². The largest absolute Gasteiger partial charge is 0.305 e. The zero-order valence-corrected chi connectivity index (χ0v) is 7.17. The van der Waals surface area contributed by atoms with Gasteiger partial charge in [-0.05, 0) is 18.1 Å². The van der Waals surface area contributed by atoms with Crippen LogP contribution in [-0.4, -0.2) is 6.54 Å². The lowest BCUT2D eigenvalue weighted by molar-refractivity contribution is 0.764. The van der Waals surface area contributed by atoms with Gasteiger partial charge in [-0.15, -0.1) is 0 Å². The first kappa shape index (κ1) is 7.35. The van der Waals surface area contributed by atoms with Crippen LogP contribution in [0.25, 0.3) is 5.57 Å². The summed E-state index contributed by atoms with van der Waals surface area (Å²) in [5.74, 6) is 0. The van der Waals surface area contributed by atoms with E-state index in [1.54, 1.807) is 0 Å². The van der Waals surface area contributed by atoms with Gasteiger partial charge < -0.3 is 5.43 Å². The highest BCUT2D eigenvalue weighted by molar-refractivity contribution is 5.46. The van der Waals surface area contributed by atoms with Crippen molar-refractivity contribution in [3.8, 4) is 0 Å². The van der Waals surface area contributed by atoms with Crippen LogP contribution in [-0.2, 0) is 0 Å². The first-order chi connectivity index (χ1) is 5.92. The predicted octanol–water partition coefficient (Wildman–Crippen LogP) is 0.385. The molecule has 2 rings (SSSR count). The predicted molar refractivity (Wildman–Crippen MR) is 48.9 cm³/mol. The lowest BCUT2D eigenvalue weighted by Crippen LogP contribution is -2.36. The molecule has 0 bridgehead atoms. The summed E-state index contributed by atoms with van der Waals surface area (Å²) < 4.78 is 0. The second-order valence-electron chi connectivity index (χ2n) is 2.92. The molecule has 0 atom stereocenters. The highest BCUT2D eigenvalue weighted by Gasteiger charge is 2.00. The van der Waals surface area contributed by atoms with Gasteiger partial charge in [0.25, 0.3) is 0 Å². The summed E-state index contributed by atoms with van der Waals surface area (Å²) in [5.41, 5.74) is 4.47. The molecular formula is C10H12N2. The minimum absolute atomic E-state index is 0.896. The third-order valence-corrected chi connectivity index (χ3v) is 2.20. The lowest BCUT2D eigenvalue weighted by Gasteiger charge is -2.09. The summed E-state index contributed by atoms with van der Waals surface area (Å²) in [6.07, 6.45) is 1.10. The molecule has 1 aliphatic rings. The molecule has 1 aromatic carbocycles. The Morgan fingerprint density at radius 3 is 3.08 bits per heavy atom. The van der Waals surface area contributed by atoms with Crippen LogP contribution in [0.5, 0.6) is 0 Å². The van der Waals surface area contributed by atoms with Crippen molar-refractivity contribution in [3.05, 3.63) is 34.8 Å². The summed E-state index contributed by atoms with van der Waals surface area (Å²) in [6, 6.07) is 8.26. The lowest BCUT2D eigenvalue weighted by atomic mass is 10.1. The minimum Gasteiger partial charge on any atom is -0.305 e. The van der Waals surface area contributed by atoms with E-state index in [0.717, 1.165) is 18.3 Å². The van der Waals surface area contributed by atoms with E-state index in [4.69, 9.17) is 0 Å². The number of rotatable bonds is 1. The number of hydrogen-bond donors (Lipinski definition) is 1. The maximum atomic E-state index is 4.22. The third kappa shape index (κ3) is 1.09. The van der Waals surface area contributed by atoms with E-state index in [1.165, 1.54) is 10.8 Å². The minimum atomic E-state index is 0.896. The second kappa shape index (κ2) is 2.97. The number of fused-ring (bicyclic) bond motifs is 1. The van der Waals surface area contributed by atoms with Gasteiger partial charge in [-0.3, -0.25) is 0 Å². The standard InChI is InChI=1S/C10H12N2/c1-2-8-7-11-12-10-6-4-3-5-9(8)10/h3-6,11H,2,7H2,1H3. The molecule has 0 spiro atoms. The zero-order chi connectivity index (χ0) is 8.39. The summed E-state index contributed by atoms with van der Waals surface area (Å²) in [4.78, 5) is 0. The molecule has 0 fully saturated rings. The average molecular weight is 160 g/mol. The van der Waals surface area contributed by atoms with E-state index < -0.39 is 0 Å². The average Bonchev–Trinajstić information content (AvgIpc) is 2.17. The number of para-hydroxylation sites is 1. The Bertz CT molecular complexity index is 393. The monoisotopic (exact) mass is 160 g/mol. The van der Waals surface area contributed by atoms with Crippen molar-refractivity contribution in [2.24, 2.45) is 5.10 Å². The van der Waals surface area contributed by atoms with Crippen molar-refractivity contribution in [2.45, 2.75) is 13.3 Å². The van der Waals surface area contributed by atoms with Crippen LogP contribution < -0.4 is 16.0 Å². The van der Waals surface area contributed by atoms with Crippen LogP contribution in [0, 0.1) is 0 Å². The van der Waals surface area contributed by atoms with Crippen molar-refractivity contribution in [1.82, 2.24) is 5.43 Å². The van der Waals surface area contributed by atoms with Crippen molar-refractivity contribution in [1.29, 1.82) is 0 Å². The van der Waals surface area contributed by atoms with Gasteiger partial charge in [-0.1, -0.05) is 25.1 Å². The molecular weight excluding hydrogens is 148 g/mol. The van der Waals surface area contributed by atoms with E-state index in [0.29, 0.717) is 0 Å². The molecule has 0 aromatic heterocycles. The van der Waals surface area contributed by atoms with Crippen molar-refractivity contribution >= 4 is 5.57 Å². The first-order valence-corrected chi connectivity index (χ1v) is 4.29. The van der Waals surface area contributed by atoms with E-state index in [1.807, 2.05) is 12.1 Å². The van der Waals surface area contributed by atoms with Gasteiger partial charge in [-0.2, -0.15) is 5.10 Å². The van der Waals surface area contributed by atoms with Crippen LogP contribution in [0.2, 0.25) is 0 Å². The van der Waals surface area contributed by atoms with E-state index in [-0.39, 0.29) is 0 Å². The molecule has 12 heavy (non-hydrogen) atoms. The van der Waals surface area contributed by atoms with Crippen molar-refractivity contribution in [2.75, 3.05) is 6.54 Å². The van der Waals surface area contributed by atoms with Gasteiger partial charge in [0.2, 0.25) is 0 Å². The molecule has 0 saturated carbocycles. The molecule has 1 N–H and O–H groups in total. The molecule has 0 amide bonds. The molecule has 0 saturated heterocycles. The Hall–Kier alpha value is -1.31. The maximum absolute atomic E-state index is 4.22. The maximum Gasteiger partial charge on any atom is 0.0901 e. The van der Waals surface area contributed by atoms with Crippen LogP contribution in [0.1, 0.15) is 13.3 Å². The molecule has 2 nitrogen and oxygen atoms in total. The Morgan fingerprint density at radius 2 is 2.25 bits per heavy atom. The molecule has 1 heterocycles. The van der Waals surface area contributed by atoms with Crippen molar-refractivity contribution < 1.29 is 0 Å². The number of nitrogens with zero attached hydrogens (tertiary/aromatic N) is 1. The fourth-order valence-electron chi connectivity index (χ4n) is 1.50. The van der Waals surface area contributed by atoms with Crippen LogP contribution in [0.3, 0.4) is 0 Å². The quantitative estimate of drug-likeness (QED) is 0.631. The number of hydrogen-bond acceptors (Lipinski definition) is 2. The molecule has 1 aliphatic heterocycles. The highest BCUT2D eigenvalue weighted by atomic mass is 15.3. The van der Waals surface area contributed by atoms with Crippen LogP contribution >= 0.6 is 0 Å². The third-order valence-electron chi connectivity index (χ3n) is 2.20. The summed E-state index contributed by atoms with van der Waals surface area (Å²) >= 11 is 0. The smallest absolute Gasteiger partial charge is 0.0901 e. The Labute approximate surface area is 71.6 Å².